The molecule has 1 rings (SSSR count). The van der Waals surface area contributed by atoms with Crippen molar-refractivity contribution in [2.24, 2.45) is 15.7 Å². The first-order chi connectivity index (χ1) is 10.9. The number of carbonyl (C=O) groups excluding carboxylic acids is 1. The van der Waals surface area contributed by atoms with Crippen LogP contribution in [0.25, 0.3) is 0 Å². The Morgan fingerprint density at radius 3 is 1.92 bits per heavy atom. The van der Waals surface area contributed by atoms with Crippen molar-refractivity contribution in [1.82, 2.24) is 4.90 Å². The molecule has 0 unspecified atom stereocenters. The number of benzene rings is 1. The van der Waals surface area contributed by atoms with Crippen LogP contribution in [0.1, 0.15) is 21.5 Å². The molecule has 1 aromatic carbocycles. The molecular weight excluding hydrogens is 342 g/mol. The highest BCUT2D eigenvalue weighted by atomic mass is 19.4. The largest absolute Gasteiger partial charge is 0.416 e. The van der Waals surface area contributed by atoms with Gasteiger partial charge in [0.05, 0.1) is 11.1 Å². The van der Waals surface area contributed by atoms with E-state index in [1.807, 2.05) is 0 Å². The number of guanidine groups is 1. The summed E-state index contributed by atoms with van der Waals surface area (Å²) in [6.45, 7) is 0. The summed E-state index contributed by atoms with van der Waals surface area (Å²) in [7, 11) is 2.40. The molecule has 1 amide bonds. The number of amides is 1. The second-order valence-corrected chi connectivity index (χ2v) is 4.52. The van der Waals surface area contributed by atoms with Crippen LogP contribution in [0.2, 0.25) is 0 Å². The zero-order valence-electron chi connectivity index (χ0n) is 12.4. The monoisotopic (exact) mass is 354 g/mol. The van der Waals surface area contributed by atoms with Gasteiger partial charge in [-0.1, -0.05) is 0 Å². The van der Waals surface area contributed by atoms with E-state index in [-0.39, 0.29) is 6.07 Å². The summed E-state index contributed by atoms with van der Waals surface area (Å²) in [5.74, 6) is -1.63. The van der Waals surface area contributed by atoms with Crippen LogP contribution in [0.5, 0.6) is 0 Å². The molecule has 0 saturated heterocycles. The molecule has 24 heavy (non-hydrogen) atoms. The predicted molar refractivity (Wildman–Crippen MR) is 74.6 cm³/mol. The minimum Gasteiger partial charge on any atom is -0.369 e. The summed E-state index contributed by atoms with van der Waals surface area (Å²) >= 11 is 0. The molecule has 0 bridgehead atoms. The van der Waals surface area contributed by atoms with Gasteiger partial charge in [0.2, 0.25) is 5.96 Å². The zero-order chi connectivity index (χ0) is 18.7. The van der Waals surface area contributed by atoms with Gasteiger partial charge in [0.1, 0.15) is 6.34 Å². The Labute approximate surface area is 132 Å². The molecule has 0 radical (unpaired) electrons. The molecule has 1 aromatic rings. The Kier molecular flexibility index (Phi) is 5.58. The molecule has 11 heteroatoms. The van der Waals surface area contributed by atoms with Crippen molar-refractivity contribution in [3.63, 3.8) is 0 Å². The quantitative estimate of drug-likeness (QED) is 0.504. The van der Waals surface area contributed by atoms with Crippen LogP contribution in [0.4, 0.5) is 26.3 Å². The van der Waals surface area contributed by atoms with E-state index < -0.39 is 40.9 Å². The lowest BCUT2D eigenvalue weighted by Gasteiger charge is -2.18. The van der Waals surface area contributed by atoms with E-state index >= 15 is 0 Å². The Morgan fingerprint density at radius 1 is 1.08 bits per heavy atom. The smallest absolute Gasteiger partial charge is 0.369 e. The molecule has 0 aliphatic heterocycles. The summed E-state index contributed by atoms with van der Waals surface area (Å²) < 4.78 is 76.6. The van der Waals surface area contributed by atoms with E-state index in [1.165, 1.54) is 7.05 Å². The highest BCUT2D eigenvalue weighted by molar-refractivity contribution is 6.06. The van der Waals surface area contributed by atoms with Crippen LogP contribution in [0.3, 0.4) is 0 Å². The van der Waals surface area contributed by atoms with Gasteiger partial charge < -0.3 is 5.73 Å². The van der Waals surface area contributed by atoms with Gasteiger partial charge in [0.15, 0.2) is 0 Å². The fraction of sp³-hybridized carbons (Fsp3) is 0.308. The van der Waals surface area contributed by atoms with Crippen LogP contribution in [-0.2, 0) is 12.4 Å². The van der Waals surface area contributed by atoms with Gasteiger partial charge in [-0.25, -0.2) is 4.99 Å². The zero-order valence-corrected chi connectivity index (χ0v) is 12.4. The minimum atomic E-state index is -5.05. The number of carbonyl (C=O) groups is 1. The third-order valence-electron chi connectivity index (χ3n) is 2.79. The van der Waals surface area contributed by atoms with Crippen LogP contribution in [-0.4, -0.2) is 37.2 Å². The molecule has 0 spiro atoms. The summed E-state index contributed by atoms with van der Waals surface area (Å²) in [4.78, 5) is 19.7. The molecule has 132 valence electrons. The van der Waals surface area contributed by atoms with Gasteiger partial charge in [0.25, 0.3) is 5.91 Å². The standard InChI is InChI=1S/C13H12F6N4O/c1-21-6-22-11(20)23(2)10(24)7-3-8(12(14,15)16)5-9(4-7)13(17,18)19/h3-6H,1-2H3,(H2,20,21,22). The normalized spacial score (nSPS) is 13.4. The van der Waals surface area contributed by atoms with E-state index in [9.17, 15) is 31.1 Å². The lowest BCUT2D eigenvalue weighted by Crippen LogP contribution is -2.39. The SMILES string of the molecule is CN=CN=C(N)N(C)C(=O)c1cc(C(F)(F)F)cc(C(F)(F)F)c1. The molecule has 5 nitrogen and oxygen atoms in total. The maximum Gasteiger partial charge on any atom is 0.416 e. The maximum absolute atomic E-state index is 12.8. The Bertz CT molecular complexity index is 646. The van der Waals surface area contributed by atoms with Crippen molar-refractivity contribution >= 4 is 18.2 Å². The van der Waals surface area contributed by atoms with E-state index in [0.717, 1.165) is 13.4 Å². The van der Waals surface area contributed by atoms with Gasteiger partial charge >= 0.3 is 12.4 Å². The molecule has 0 aliphatic rings. The number of rotatable bonds is 2. The first-order valence-electron chi connectivity index (χ1n) is 6.19. The Balaban J connectivity index is 3.39. The topological polar surface area (TPSA) is 71.0 Å². The molecular formula is C13H12F6N4O. The maximum atomic E-state index is 12.8. The van der Waals surface area contributed by atoms with Crippen molar-refractivity contribution in [3.05, 3.63) is 34.9 Å². The van der Waals surface area contributed by atoms with Crippen molar-refractivity contribution in [2.45, 2.75) is 12.4 Å². The highest BCUT2D eigenvalue weighted by Crippen LogP contribution is 2.36. The molecule has 0 heterocycles. The summed E-state index contributed by atoms with van der Waals surface area (Å²) in [5.41, 5.74) is 1.39. The second-order valence-electron chi connectivity index (χ2n) is 4.52. The number of nitrogens with two attached hydrogens (primary N) is 1. The summed E-state index contributed by atoms with van der Waals surface area (Å²) in [6, 6.07) is 0.558. The van der Waals surface area contributed by atoms with Crippen LogP contribution < -0.4 is 5.73 Å². The van der Waals surface area contributed by atoms with Crippen LogP contribution in [0, 0.1) is 0 Å². The van der Waals surface area contributed by atoms with Gasteiger partial charge in [-0.2, -0.15) is 26.3 Å². The van der Waals surface area contributed by atoms with Crippen LogP contribution >= 0.6 is 0 Å². The predicted octanol–water partition coefficient (Wildman–Crippen LogP) is 2.77. The first-order valence-corrected chi connectivity index (χ1v) is 6.19. The number of nitrogens with zero attached hydrogens (tertiary/aromatic N) is 3. The van der Waals surface area contributed by atoms with Gasteiger partial charge in [-0.15, -0.1) is 0 Å². The minimum absolute atomic E-state index is 0.0715. The van der Waals surface area contributed by atoms with E-state index in [4.69, 9.17) is 5.73 Å². The number of aliphatic imine (C=N–C) groups is 2. The van der Waals surface area contributed by atoms with Crippen molar-refractivity contribution in [2.75, 3.05) is 14.1 Å². The third kappa shape index (κ3) is 4.70. The molecule has 2 N–H and O–H groups in total. The molecule has 0 aliphatic carbocycles. The van der Waals surface area contributed by atoms with Crippen molar-refractivity contribution in [3.8, 4) is 0 Å². The lowest BCUT2D eigenvalue weighted by molar-refractivity contribution is -0.143. The number of hydrogen-bond acceptors (Lipinski definition) is 2. The second kappa shape index (κ2) is 6.89. The first kappa shape index (κ1) is 19.5. The molecule has 0 atom stereocenters. The number of halogens is 6. The van der Waals surface area contributed by atoms with Gasteiger partial charge in [-0.3, -0.25) is 14.7 Å². The van der Waals surface area contributed by atoms with E-state index in [2.05, 4.69) is 9.98 Å². The average molecular weight is 354 g/mol. The van der Waals surface area contributed by atoms with Crippen molar-refractivity contribution in [1.29, 1.82) is 0 Å². The summed E-state index contributed by atoms with van der Waals surface area (Å²) in [6.07, 6.45) is -9.14. The van der Waals surface area contributed by atoms with E-state index in [1.54, 1.807) is 0 Å². The molecule has 0 saturated carbocycles. The average Bonchev–Trinajstić information content (AvgIpc) is 2.48. The molecule has 0 aromatic heterocycles. The van der Waals surface area contributed by atoms with Crippen LogP contribution in [0.15, 0.2) is 28.2 Å². The molecule has 0 fully saturated rings. The van der Waals surface area contributed by atoms with Gasteiger partial charge in [-0.05, 0) is 18.2 Å². The Hall–Kier alpha value is -2.59. The Morgan fingerprint density at radius 2 is 1.54 bits per heavy atom. The number of hydrogen-bond donors (Lipinski definition) is 1. The van der Waals surface area contributed by atoms with Crippen molar-refractivity contribution < 1.29 is 31.1 Å². The summed E-state index contributed by atoms with van der Waals surface area (Å²) in [5, 5.41) is 0. The highest BCUT2D eigenvalue weighted by Gasteiger charge is 2.37. The van der Waals surface area contributed by atoms with E-state index in [0.29, 0.717) is 17.0 Å². The van der Waals surface area contributed by atoms with Gasteiger partial charge in [0, 0.05) is 19.7 Å². The lowest BCUT2D eigenvalue weighted by atomic mass is 10.0. The fourth-order valence-electron chi connectivity index (χ4n) is 1.58. The fourth-order valence-corrected chi connectivity index (χ4v) is 1.58. The number of alkyl halides is 6. The third-order valence-corrected chi connectivity index (χ3v) is 2.79.